The van der Waals surface area contributed by atoms with E-state index in [-0.39, 0.29) is 24.2 Å². The van der Waals surface area contributed by atoms with Crippen molar-refractivity contribution in [3.63, 3.8) is 0 Å². The van der Waals surface area contributed by atoms with Crippen LogP contribution in [0.25, 0.3) is 0 Å². The van der Waals surface area contributed by atoms with Crippen molar-refractivity contribution in [3.8, 4) is 0 Å². The standard InChI is InChI=1S/C15H16F2N2O2S/c16-15(17)22-12-3-1-2-10(7-12)18-14(21)9-6-13(20)19(8-9)11-4-5-11/h1-3,7,9,11,15H,4-6,8H2,(H,18,21)/t9-/m0/s1. The van der Waals surface area contributed by atoms with Gasteiger partial charge in [0, 0.05) is 29.6 Å². The molecule has 0 unspecified atom stereocenters. The molecule has 1 heterocycles. The molecule has 1 saturated carbocycles. The van der Waals surface area contributed by atoms with E-state index < -0.39 is 5.76 Å². The number of halogens is 2. The Labute approximate surface area is 131 Å². The van der Waals surface area contributed by atoms with Gasteiger partial charge < -0.3 is 10.2 Å². The quantitative estimate of drug-likeness (QED) is 0.847. The maximum Gasteiger partial charge on any atom is 0.288 e. The summed E-state index contributed by atoms with van der Waals surface area (Å²) in [6.07, 6.45) is 2.27. The lowest BCUT2D eigenvalue weighted by atomic mass is 10.1. The second-order valence-corrected chi connectivity index (χ2v) is 6.64. The van der Waals surface area contributed by atoms with E-state index in [1.807, 2.05) is 0 Å². The molecule has 118 valence electrons. The number of carbonyl (C=O) groups excluding carboxylic acids is 2. The number of hydrogen-bond donors (Lipinski definition) is 1. The number of thioether (sulfide) groups is 1. The molecule has 1 aliphatic heterocycles. The Morgan fingerprint density at radius 1 is 1.36 bits per heavy atom. The number of benzene rings is 1. The van der Waals surface area contributed by atoms with Crippen LogP contribution in [0.15, 0.2) is 29.2 Å². The third-order valence-corrected chi connectivity index (χ3v) is 4.55. The second-order valence-electron chi connectivity index (χ2n) is 5.57. The monoisotopic (exact) mass is 326 g/mol. The van der Waals surface area contributed by atoms with Gasteiger partial charge in [0.1, 0.15) is 0 Å². The molecule has 0 bridgehead atoms. The van der Waals surface area contributed by atoms with E-state index in [1.165, 1.54) is 6.07 Å². The summed E-state index contributed by atoms with van der Waals surface area (Å²) in [6.45, 7) is 0.459. The molecule has 2 amide bonds. The first-order valence-corrected chi connectivity index (χ1v) is 8.06. The topological polar surface area (TPSA) is 49.4 Å². The van der Waals surface area contributed by atoms with Crippen molar-refractivity contribution < 1.29 is 18.4 Å². The Bertz CT molecular complexity index is 593. The SMILES string of the molecule is O=C(Nc1cccc(SC(F)F)c1)[C@H]1CC(=O)N(C2CC2)C1. The van der Waals surface area contributed by atoms with E-state index in [2.05, 4.69) is 5.32 Å². The molecular formula is C15H16F2N2O2S. The van der Waals surface area contributed by atoms with E-state index in [0.29, 0.717) is 34.9 Å². The molecule has 0 spiro atoms. The molecule has 1 saturated heterocycles. The lowest BCUT2D eigenvalue weighted by Crippen LogP contribution is -2.29. The third-order valence-electron chi connectivity index (χ3n) is 3.84. The summed E-state index contributed by atoms with van der Waals surface area (Å²) in [4.78, 5) is 26.3. The van der Waals surface area contributed by atoms with Gasteiger partial charge in [-0.05, 0) is 31.0 Å². The van der Waals surface area contributed by atoms with Crippen molar-refractivity contribution in [3.05, 3.63) is 24.3 Å². The number of rotatable bonds is 5. The molecule has 2 fully saturated rings. The summed E-state index contributed by atoms with van der Waals surface area (Å²) in [6, 6.07) is 6.68. The fourth-order valence-electron chi connectivity index (χ4n) is 2.64. The minimum atomic E-state index is -2.49. The molecule has 3 rings (SSSR count). The van der Waals surface area contributed by atoms with Gasteiger partial charge in [0.05, 0.1) is 5.92 Å². The van der Waals surface area contributed by atoms with Crippen LogP contribution in [0.3, 0.4) is 0 Å². The van der Waals surface area contributed by atoms with Crippen molar-refractivity contribution in [1.29, 1.82) is 0 Å². The predicted octanol–water partition coefficient (Wildman–Crippen LogP) is 2.95. The summed E-state index contributed by atoms with van der Waals surface area (Å²) in [5.74, 6) is -3.05. The van der Waals surface area contributed by atoms with E-state index in [1.54, 1.807) is 23.1 Å². The normalized spacial score (nSPS) is 21.5. The summed E-state index contributed by atoms with van der Waals surface area (Å²) in [5.41, 5.74) is 0.480. The number of nitrogens with zero attached hydrogens (tertiary/aromatic N) is 1. The average Bonchev–Trinajstić information content (AvgIpc) is 3.21. The van der Waals surface area contributed by atoms with Crippen molar-refractivity contribution in [1.82, 2.24) is 4.90 Å². The zero-order valence-electron chi connectivity index (χ0n) is 11.8. The summed E-state index contributed by atoms with van der Waals surface area (Å²) < 4.78 is 24.7. The number of amides is 2. The van der Waals surface area contributed by atoms with Gasteiger partial charge in [-0.1, -0.05) is 17.8 Å². The molecule has 1 atom stereocenters. The number of nitrogens with one attached hydrogen (secondary N) is 1. The highest BCUT2D eigenvalue weighted by atomic mass is 32.2. The number of anilines is 1. The van der Waals surface area contributed by atoms with Crippen LogP contribution in [0.5, 0.6) is 0 Å². The lowest BCUT2D eigenvalue weighted by molar-refractivity contribution is -0.128. The van der Waals surface area contributed by atoms with Crippen LogP contribution >= 0.6 is 11.8 Å². The van der Waals surface area contributed by atoms with Crippen LogP contribution in [0.2, 0.25) is 0 Å². The van der Waals surface area contributed by atoms with Crippen LogP contribution in [0, 0.1) is 5.92 Å². The third kappa shape index (κ3) is 3.58. The van der Waals surface area contributed by atoms with E-state index in [0.717, 1.165) is 12.8 Å². The molecule has 2 aliphatic rings. The fraction of sp³-hybridized carbons (Fsp3) is 0.467. The molecule has 1 aromatic rings. The molecular weight excluding hydrogens is 310 g/mol. The minimum absolute atomic E-state index is 0.0321. The molecule has 7 heteroatoms. The zero-order chi connectivity index (χ0) is 15.7. The highest BCUT2D eigenvalue weighted by Crippen LogP contribution is 2.33. The van der Waals surface area contributed by atoms with Gasteiger partial charge in [-0.25, -0.2) is 0 Å². The van der Waals surface area contributed by atoms with E-state index in [4.69, 9.17) is 0 Å². The van der Waals surface area contributed by atoms with Gasteiger partial charge in [-0.15, -0.1) is 0 Å². The summed E-state index contributed by atoms with van der Waals surface area (Å²) >= 11 is 0.438. The molecule has 1 aromatic carbocycles. The zero-order valence-corrected chi connectivity index (χ0v) is 12.6. The van der Waals surface area contributed by atoms with Crippen LogP contribution in [0.1, 0.15) is 19.3 Å². The highest BCUT2D eigenvalue weighted by molar-refractivity contribution is 7.99. The van der Waals surface area contributed by atoms with Crippen molar-refractivity contribution in [2.24, 2.45) is 5.92 Å². The van der Waals surface area contributed by atoms with Gasteiger partial charge in [0.25, 0.3) is 5.76 Å². The Balaban J connectivity index is 1.61. The maximum atomic E-state index is 12.4. The second kappa shape index (κ2) is 6.24. The Hall–Kier alpha value is -1.63. The van der Waals surface area contributed by atoms with E-state index >= 15 is 0 Å². The smallest absolute Gasteiger partial charge is 0.288 e. The molecule has 0 radical (unpaired) electrons. The number of hydrogen-bond acceptors (Lipinski definition) is 3. The summed E-state index contributed by atoms with van der Waals surface area (Å²) in [5, 5.41) is 2.72. The number of carbonyl (C=O) groups is 2. The molecule has 22 heavy (non-hydrogen) atoms. The number of alkyl halides is 2. The van der Waals surface area contributed by atoms with Crippen molar-refractivity contribution >= 4 is 29.3 Å². The first kappa shape index (κ1) is 15.3. The molecule has 4 nitrogen and oxygen atoms in total. The van der Waals surface area contributed by atoms with Crippen LogP contribution in [0.4, 0.5) is 14.5 Å². The molecule has 1 N–H and O–H groups in total. The van der Waals surface area contributed by atoms with Gasteiger partial charge in [-0.3, -0.25) is 9.59 Å². The Morgan fingerprint density at radius 2 is 2.14 bits per heavy atom. The van der Waals surface area contributed by atoms with Crippen LogP contribution in [-0.2, 0) is 9.59 Å². The maximum absolute atomic E-state index is 12.4. The van der Waals surface area contributed by atoms with Crippen molar-refractivity contribution in [2.75, 3.05) is 11.9 Å². The summed E-state index contributed by atoms with van der Waals surface area (Å²) in [7, 11) is 0. The predicted molar refractivity (Wildman–Crippen MR) is 79.8 cm³/mol. The Morgan fingerprint density at radius 3 is 2.82 bits per heavy atom. The fourth-order valence-corrected chi connectivity index (χ4v) is 3.20. The Kier molecular flexibility index (Phi) is 4.33. The average molecular weight is 326 g/mol. The number of likely N-dealkylation sites (tertiary alicyclic amines) is 1. The van der Waals surface area contributed by atoms with Gasteiger partial charge in [0.2, 0.25) is 11.8 Å². The minimum Gasteiger partial charge on any atom is -0.339 e. The van der Waals surface area contributed by atoms with E-state index in [9.17, 15) is 18.4 Å². The first-order valence-electron chi connectivity index (χ1n) is 7.18. The van der Waals surface area contributed by atoms with Crippen LogP contribution in [-0.4, -0.2) is 35.1 Å². The first-order chi connectivity index (χ1) is 10.5. The van der Waals surface area contributed by atoms with Crippen molar-refractivity contribution in [2.45, 2.75) is 36.0 Å². The lowest BCUT2D eigenvalue weighted by Gasteiger charge is -2.15. The molecule has 0 aromatic heterocycles. The van der Waals surface area contributed by atoms with Gasteiger partial charge in [0.15, 0.2) is 0 Å². The highest BCUT2D eigenvalue weighted by Gasteiger charge is 2.41. The molecule has 1 aliphatic carbocycles. The largest absolute Gasteiger partial charge is 0.339 e. The van der Waals surface area contributed by atoms with Crippen LogP contribution < -0.4 is 5.32 Å². The van der Waals surface area contributed by atoms with Gasteiger partial charge >= 0.3 is 0 Å². The van der Waals surface area contributed by atoms with Gasteiger partial charge in [-0.2, -0.15) is 8.78 Å².